The second-order valence-electron chi connectivity index (χ2n) is 4.61. The largest absolute Gasteiger partial charge is 0.485 e. The molecule has 0 aliphatic carbocycles. The Morgan fingerprint density at radius 3 is 2.79 bits per heavy atom. The van der Waals surface area contributed by atoms with E-state index in [1.54, 1.807) is 4.80 Å². The van der Waals surface area contributed by atoms with Crippen LogP contribution in [0.4, 0.5) is 0 Å². The molecule has 1 fully saturated rings. The number of hydrogen-bond donors (Lipinski definition) is 1. The number of ether oxygens (including phenoxy) is 1. The van der Waals surface area contributed by atoms with Crippen LogP contribution in [0.1, 0.15) is 24.7 Å². The van der Waals surface area contributed by atoms with E-state index < -0.39 is 0 Å². The van der Waals surface area contributed by atoms with E-state index in [0.717, 1.165) is 31.7 Å². The Labute approximate surface area is 111 Å². The van der Waals surface area contributed by atoms with E-state index in [4.69, 9.17) is 4.74 Å². The van der Waals surface area contributed by atoms with Gasteiger partial charge in [-0.05, 0) is 43.3 Å². The van der Waals surface area contributed by atoms with Gasteiger partial charge in [-0.2, -0.15) is 4.80 Å². The van der Waals surface area contributed by atoms with Gasteiger partial charge in [0.2, 0.25) is 5.82 Å². The zero-order valence-electron chi connectivity index (χ0n) is 10.7. The van der Waals surface area contributed by atoms with Gasteiger partial charge in [0.15, 0.2) is 6.61 Å². The first-order chi connectivity index (χ1) is 9.42. The van der Waals surface area contributed by atoms with Crippen LogP contribution < -0.4 is 10.1 Å². The molecule has 1 saturated heterocycles. The minimum atomic E-state index is 0.356. The quantitative estimate of drug-likeness (QED) is 0.893. The fraction of sp³-hybridized carbons (Fsp3) is 0.462. The van der Waals surface area contributed by atoms with E-state index in [2.05, 4.69) is 20.7 Å². The predicted molar refractivity (Wildman–Crippen MR) is 69.7 cm³/mol. The second kappa shape index (κ2) is 5.79. The minimum Gasteiger partial charge on any atom is -0.485 e. The van der Waals surface area contributed by atoms with Crippen molar-refractivity contribution in [3.63, 3.8) is 0 Å². The van der Waals surface area contributed by atoms with E-state index in [9.17, 15) is 0 Å². The maximum Gasteiger partial charge on any atom is 0.212 e. The van der Waals surface area contributed by atoms with Gasteiger partial charge in [0.1, 0.15) is 5.75 Å². The Balaban J connectivity index is 1.58. The Hall–Kier alpha value is -1.95. The lowest BCUT2D eigenvalue weighted by molar-refractivity contribution is 0.287. The van der Waals surface area contributed by atoms with Crippen LogP contribution in [0.2, 0.25) is 0 Å². The molecule has 1 N–H and O–H groups in total. The molecule has 0 saturated carbocycles. The van der Waals surface area contributed by atoms with Gasteiger partial charge in [0.05, 0.1) is 6.04 Å². The molecule has 0 unspecified atom stereocenters. The van der Waals surface area contributed by atoms with Crippen LogP contribution in [0.25, 0.3) is 0 Å². The van der Waals surface area contributed by atoms with Gasteiger partial charge in [-0.25, -0.2) is 0 Å². The standard InChI is InChI=1S/C13H17N5O/c1-2-4-12(5-3-1)19-10-13-15-17-18(16-13)11-6-8-14-9-7-11/h1-5,11,14H,6-10H2. The zero-order valence-corrected chi connectivity index (χ0v) is 10.7. The summed E-state index contributed by atoms with van der Waals surface area (Å²) in [5.74, 6) is 1.45. The highest BCUT2D eigenvalue weighted by molar-refractivity contribution is 5.20. The summed E-state index contributed by atoms with van der Waals surface area (Å²) in [4.78, 5) is 1.73. The third-order valence-corrected chi connectivity index (χ3v) is 3.22. The molecule has 6 heteroatoms. The normalized spacial score (nSPS) is 16.4. The Bertz CT molecular complexity index is 507. The third kappa shape index (κ3) is 3.08. The lowest BCUT2D eigenvalue weighted by Gasteiger charge is -2.20. The van der Waals surface area contributed by atoms with Crippen LogP contribution in [-0.2, 0) is 6.61 Å². The smallest absolute Gasteiger partial charge is 0.212 e. The third-order valence-electron chi connectivity index (χ3n) is 3.22. The molecule has 19 heavy (non-hydrogen) atoms. The van der Waals surface area contributed by atoms with Crippen molar-refractivity contribution in [2.24, 2.45) is 0 Å². The van der Waals surface area contributed by atoms with Crippen molar-refractivity contribution in [3.05, 3.63) is 36.2 Å². The summed E-state index contributed by atoms with van der Waals surface area (Å²) in [7, 11) is 0. The summed E-state index contributed by atoms with van der Waals surface area (Å²) in [6.07, 6.45) is 2.10. The Morgan fingerprint density at radius 2 is 2.00 bits per heavy atom. The maximum atomic E-state index is 5.60. The number of rotatable bonds is 4. The molecule has 1 aromatic carbocycles. The molecule has 2 heterocycles. The van der Waals surface area contributed by atoms with Gasteiger partial charge in [-0.3, -0.25) is 0 Å². The lowest BCUT2D eigenvalue weighted by atomic mass is 10.1. The first-order valence-electron chi connectivity index (χ1n) is 6.59. The second-order valence-corrected chi connectivity index (χ2v) is 4.61. The number of nitrogens with one attached hydrogen (secondary N) is 1. The summed E-state index contributed by atoms with van der Waals surface area (Å²) in [5.41, 5.74) is 0. The molecule has 0 radical (unpaired) electrons. The van der Waals surface area contributed by atoms with E-state index in [-0.39, 0.29) is 0 Å². The lowest BCUT2D eigenvalue weighted by Crippen LogP contribution is -2.30. The highest BCUT2D eigenvalue weighted by atomic mass is 16.5. The van der Waals surface area contributed by atoms with Gasteiger partial charge in [0.25, 0.3) is 0 Å². The van der Waals surface area contributed by atoms with Crippen LogP contribution in [0, 0.1) is 0 Å². The van der Waals surface area contributed by atoms with Gasteiger partial charge < -0.3 is 10.1 Å². The molecule has 2 aromatic rings. The Kier molecular flexibility index (Phi) is 3.69. The van der Waals surface area contributed by atoms with Crippen LogP contribution in [0.5, 0.6) is 5.75 Å². The summed E-state index contributed by atoms with van der Waals surface area (Å²) in [5, 5.41) is 15.9. The summed E-state index contributed by atoms with van der Waals surface area (Å²) in [6.45, 7) is 2.39. The molecule has 100 valence electrons. The van der Waals surface area contributed by atoms with E-state index in [1.807, 2.05) is 30.3 Å². The van der Waals surface area contributed by atoms with Gasteiger partial charge in [0, 0.05) is 0 Å². The van der Waals surface area contributed by atoms with Crippen molar-refractivity contribution in [1.82, 2.24) is 25.5 Å². The molecule has 0 spiro atoms. The van der Waals surface area contributed by atoms with Gasteiger partial charge in [-0.15, -0.1) is 10.2 Å². The van der Waals surface area contributed by atoms with E-state index >= 15 is 0 Å². The number of para-hydroxylation sites is 1. The highest BCUT2D eigenvalue weighted by Gasteiger charge is 2.17. The molecular formula is C13H17N5O. The molecular weight excluding hydrogens is 242 g/mol. The maximum absolute atomic E-state index is 5.60. The fourth-order valence-corrected chi connectivity index (χ4v) is 2.17. The van der Waals surface area contributed by atoms with Crippen molar-refractivity contribution in [2.45, 2.75) is 25.5 Å². The molecule has 1 aromatic heterocycles. The van der Waals surface area contributed by atoms with Crippen molar-refractivity contribution in [1.29, 1.82) is 0 Å². The van der Waals surface area contributed by atoms with Crippen molar-refractivity contribution < 1.29 is 4.74 Å². The van der Waals surface area contributed by atoms with Crippen LogP contribution >= 0.6 is 0 Å². The fourth-order valence-electron chi connectivity index (χ4n) is 2.17. The molecule has 1 aliphatic heterocycles. The average Bonchev–Trinajstić information content (AvgIpc) is 2.96. The van der Waals surface area contributed by atoms with Crippen molar-refractivity contribution in [3.8, 4) is 5.75 Å². The molecule has 6 nitrogen and oxygen atoms in total. The predicted octanol–water partition coefficient (Wildman–Crippen LogP) is 1.18. The minimum absolute atomic E-state index is 0.356. The number of tetrazole rings is 1. The topological polar surface area (TPSA) is 64.9 Å². The SMILES string of the molecule is c1ccc(OCc2nnn(C3CCNCC3)n2)cc1. The van der Waals surface area contributed by atoms with E-state index in [0.29, 0.717) is 18.5 Å². The van der Waals surface area contributed by atoms with Crippen molar-refractivity contribution in [2.75, 3.05) is 13.1 Å². The molecule has 0 amide bonds. The van der Waals surface area contributed by atoms with Gasteiger partial charge >= 0.3 is 0 Å². The van der Waals surface area contributed by atoms with E-state index in [1.165, 1.54) is 0 Å². The van der Waals surface area contributed by atoms with Crippen LogP contribution in [-0.4, -0.2) is 33.3 Å². The number of hydrogen-bond acceptors (Lipinski definition) is 5. The van der Waals surface area contributed by atoms with Crippen LogP contribution in [0.3, 0.4) is 0 Å². The number of benzene rings is 1. The molecule has 3 rings (SSSR count). The first-order valence-corrected chi connectivity index (χ1v) is 6.59. The average molecular weight is 259 g/mol. The van der Waals surface area contributed by atoms with Gasteiger partial charge in [-0.1, -0.05) is 18.2 Å². The molecule has 1 aliphatic rings. The number of aromatic nitrogens is 4. The Morgan fingerprint density at radius 1 is 1.21 bits per heavy atom. The first kappa shape index (κ1) is 12.1. The zero-order chi connectivity index (χ0) is 12.9. The number of nitrogens with zero attached hydrogens (tertiary/aromatic N) is 4. The molecule has 0 atom stereocenters. The highest BCUT2D eigenvalue weighted by Crippen LogP contribution is 2.16. The molecule has 0 bridgehead atoms. The van der Waals surface area contributed by atoms with Crippen molar-refractivity contribution >= 4 is 0 Å². The van der Waals surface area contributed by atoms with Crippen LogP contribution in [0.15, 0.2) is 30.3 Å². The number of piperidine rings is 1. The summed E-state index contributed by atoms with van der Waals surface area (Å²) in [6, 6.07) is 10.0. The summed E-state index contributed by atoms with van der Waals surface area (Å²) >= 11 is 0. The monoisotopic (exact) mass is 259 g/mol. The summed E-state index contributed by atoms with van der Waals surface area (Å²) < 4.78 is 5.60.